The molecule has 21 heavy (non-hydrogen) atoms. The van der Waals surface area contributed by atoms with Gasteiger partial charge in [-0.05, 0) is 17.9 Å². The summed E-state index contributed by atoms with van der Waals surface area (Å²) in [5.74, 6) is -0.754. The van der Waals surface area contributed by atoms with Crippen LogP contribution in [0.2, 0.25) is 0 Å². The van der Waals surface area contributed by atoms with Crippen molar-refractivity contribution in [2.75, 3.05) is 0 Å². The third-order valence-electron chi connectivity index (χ3n) is 4.10. The average Bonchev–Trinajstić information content (AvgIpc) is 3.23. The molecule has 1 saturated carbocycles. The van der Waals surface area contributed by atoms with Crippen LogP contribution in [0.25, 0.3) is 0 Å². The van der Waals surface area contributed by atoms with Gasteiger partial charge in [-0.15, -0.1) is 0 Å². The standard InChI is InChI=1S/C16H22N2O3/c1-3-10(2)14(15(19)20)18-16(21)17-13-9-12(13)11-7-5-4-6-8-11/h4-8,10,12-14H,3,9H2,1-2H3,(H,19,20)(H2,17,18,21)/t10-,12?,13?,14-/m0/s1. The molecular formula is C16H22N2O3. The molecule has 1 aliphatic rings. The number of aliphatic carboxylic acids is 1. The maximum Gasteiger partial charge on any atom is 0.326 e. The summed E-state index contributed by atoms with van der Waals surface area (Å²) >= 11 is 0. The van der Waals surface area contributed by atoms with E-state index in [-0.39, 0.29) is 12.0 Å². The highest BCUT2D eigenvalue weighted by atomic mass is 16.4. The van der Waals surface area contributed by atoms with Crippen LogP contribution >= 0.6 is 0 Å². The van der Waals surface area contributed by atoms with Gasteiger partial charge in [0.2, 0.25) is 0 Å². The van der Waals surface area contributed by atoms with E-state index in [1.807, 2.05) is 44.2 Å². The number of carbonyl (C=O) groups is 2. The van der Waals surface area contributed by atoms with Crippen LogP contribution < -0.4 is 10.6 Å². The van der Waals surface area contributed by atoms with E-state index >= 15 is 0 Å². The van der Waals surface area contributed by atoms with E-state index in [0.29, 0.717) is 12.3 Å². The van der Waals surface area contributed by atoms with Crippen LogP contribution in [0.15, 0.2) is 30.3 Å². The molecule has 3 N–H and O–H groups in total. The third-order valence-corrected chi connectivity index (χ3v) is 4.10. The van der Waals surface area contributed by atoms with Gasteiger partial charge in [0, 0.05) is 12.0 Å². The molecule has 4 atom stereocenters. The molecule has 0 heterocycles. The van der Waals surface area contributed by atoms with Crippen molar-refractivity contribution in [2.45, 2.75) is 44.7 Å². The Morgan fingerprint density at radius 1 is 1.33 bits per heavy atom. The van der Waals surface area contributed by atoms with Gasteiger partial charge in [-0.25, -0.2) is 9.59 Å². The molecule has 2 amide bonds. The summed E-state index contributed by atoms with van der Waals surface area (Å²) in [7, 11) is 0. The Balaban J connectivity index is 1.84. The molecule has 1 aliphatic carbocycles. The lowest BCUT2D eigenvalue weighted by atomic mass is 9.99. The van der Waals surface area contributed by atoms with Gasteiger partial charge in [0.15, 0.2) is 0 Å². The second kappa shape index (κ2) is 6.61. The summed E-state index contributed by atoms with van der Waals surface area (Å²) in [5.41, 5.74) is 1.21. The fourth-order valence-corrected chi connectivity index (χ4v) is 2.46. The van der Waals surface area contributed by atoms with Crippen molar-refractivity contribution in [1.82, 2.24) is 10.6 Å². The zero-order valence-corrected chi connectivity index (χ0v) is 12.4. The maximum absolute atomic E-state index is 11.9. The van der Waals surface area contributed by atoms with Crippen molar-refractivity contribution in [2.24, 2.45) is 5.92 Å². The van der Waals surface area contributed by atoms with Crippen LogP contribution in [0.4, 0.5) is 4.79 Å². The zero-order valence-electron chi connectivity index (χ0n) is 12.4. The van der Waals surface area contributed by atoms with Crippen LogP contribution in [0, 0.1) is 5.92 Å². The van der Waals surface area contributed by atoms with Gasteiger partial charge in [0.25, 0.3) is 0 Å². The van der Waals surface area contributed by atoms with Gasteiger partial charge in [0.1, 0.15) is 6.04 Å². The third kappa shape index (κ3) is 3.97. The summed E-state index contributed by atoms with van der Waals surface area (Å²) in [5, 5.41) is 14.6. The van der Waals surface area contributed by atoms with E-state index in [0.717, 1.165) is 6.42 Å². The monoisotopic (exact) mass is 290 g/mol. The van der Waals surface area contributed by atoms with Crippen LogP contribution in [-0.2, 0) is 4.79 Å². The first-order valence-corrected chi connectivity index (χ1v) is 7.37. The molecule has 5 nitrogen and oxygen atoms in total. The fraction of sp³-hybridized carbons (Fsp3) is 0.500. The molecular weight excluding hydrogens is 268 g/mol. The molecule has 0 spiro atoms. The van der Waals surface area contributed by atoms with Gasteiger partial charge in [-0.2, -0.15) is 0 Å². The first kappa shape index (κ1) is 15.4. The molecule has 1 aromatic rings. The predicted molar refractivity (Wildman–Crippen MR) is 80.1 cm³/mol. The van der Waals surface area contributed by atoms with Gasteiger partial charge in [0.05, 0.1) is 0 Å². The lowest BCUT2D eigenvalue weighted by Gasteiger charge is -2.20. The summed E-state index contributed by atoms with van der Waals surface area (Å²) < 4.78 is 0. The Morgan fingerprint density at radius 2 is 2.00 bits per heavy atom. The number of amides is 2. The molecule has 0 saturated heterocycles. The quantitative estimate of drug-likeness (QED) is 0.752. The molecule has 114 valence electrons. The van der Waals surface area contributed by atoms with E-state index in [1.165, 1.54) is 5.56 Å². The van der Waals surface area contributed by atoms with Crippen LogP contribution in [0.1, 0.15) is 38.2 Å². The Hall–Kier alpha value is -2.04. The number of rotatable bonds is 6. The Morgan fingerprint density at radius 3 is 2.57 bits per heavy atom. The van der Waals surface area contributed by atoms with Crippen molar-refractivity contribution in [3.8, 4) is 0 Å². The number of benzene rings is 1. The van der Waals surface area contributed by atoms with Gasteiger partial charge in [-0.3, -0.25) is 0 Å². The number of hydrogen-bond acceptors (Lipinski definition) is 2. The number of urea groups is 1. The van der Waals surface area contributed by atoms with Crippen LogP contribution in [-0.4, -0.2) is 29.2 Å². The summed E-state index contributed by atoms with van der Waals surface area (Å²) in [6, 6.07) is 8.87. The lowest BCUT2D eigenvalue weighted by Crippen LogP contribution is -2.49. The van der Waals surface area contributed by atoms with E-state index in [9.17, 15) is 9.59 Å². The summed E-state index contributed by atoms with van der Waals surface area (Å²) in [4.78, 5) is 23.1. The van der Waals surface area contributed by atoms with Crippen molar-refractivity contribution in [1.29, 1.82) is 0 Å². The SMILES string of the molecule is CC[C@H](C)[C@H](NC(=O)NC1CC1c1ccccc1)C(=O)O. The maximum atomic E-state index is 11.9. The van der Waals surface area contributed by atoms with Crippen molar-refractivity contribution < 1.29 is 14.7 Å². The normalized spacial score (nSPS) is 23.0. The second-order valence-corrected chi connectivity index (χ2v) is 5.68. The molecule has 0 aliphatic heterocycles. The minimum Gasteiger partial charge on any atom is -0.480 e. The number of nitrogens with one attached hydrogen (secondary N) is 2. The molecule has 5 heteroatoms. The number of carbonyl (C=O) groups excluding carboxylic acids is 1. The lowest BCUT2D eigenvalue weighted by molar-refractivity contribution is -0.140. The summed E-state index contributed by atoms with van der Waals surface area (Å²) in [6.45, 7) is 3.73. The minimum atomic E-state index is -0.991. The highest BCUT2D eigenvalue weighted by Crippen LogP contribution is 2.40. The first-order chi connectivity index (χ1) is 10.0. The molecule has 2 unspecified atom stereocenters. The second-order valence-electron chi connectivity index (χ2n) is 5.68. The Labute approximate surface area is 124 Å². The Kier molecular flexibility index (Phi) is 4.83. The van der Waals surface area contributed by atoms with E-state index in [1.54, 1.807) is 0 Å². The van der Waals surface area contributed by atoms with Crippen molar-refractivity contribution in [3.63, 3.8) is 0 Å². The number of carboxylic acid groups (broad SMARTS) is 1. The molecule has 1 aromatic carbocycles. The van der Waals surface area contributed by atoms with Gasteiger partial charge < -0.3 is 15.7 Å². The van der Waals surface area contributed by atoms with E-state index in [2.05, 4.69) is 10.6 Å². The molecule has 0 aromatic heterocycles. The predicted octanol–water partition coefficient (Wildman–Crippen LogP) is 2.34. The molecule has 0 radical (unpaired) electrons. The van der Waals surface area contributed by atoms with Gasteiger partial charge in [-0.1, -0.05) is 50.6 Å². The average molecular weight is 290 g/mol. The van der Waals surface area contributed by atoms with Crippen LogP contribution in [0.5, 0.6) is 0 Å². The number of carboxylic acids is 1. The zero-order chi connectivity index (χ0) is 15.4. The highest BCUT2D eigenvalue weighted by molar-refractivity contribution is 5.83. The smallest absolute Gasteiger partial charge is 0.326 e. The fourth-order valence-electron chi connectivity index (χ4n) is 2.46. The topological polar surface area (TPSA) is 78.4 Å². The molecule has 2 rings (SSSR count). The first-order valence-electron chi connectivity index (χ1n) is 7.37. The molecule has 1 fully saturated rings. The molecule has 0 bridgehead atoms. The van der Waals surface area contributed by atoms with Crippen molar-refractivity contribution >= 4 is 12.0 Å². The van der Waals surface area contributed by atoms with Crippen LogP contribution in [0.3, 0.4) is 0 Å². The van der Waals surface area contributed by atoms with E-state index in [4.69, 9.17) is 5.11 Å². The number of hydrogen-bond donors (Lipinski definition) is 3. The van der Waals surface area contributed by atoms with Crippen molar-refractivity contribution in [3.05, 3.63) is 35.9 Å². The largest absolute Gasteiger partial charge is 0.480 e. The van der Waals surface area contributed by atoms with E-state index < -0.39 is 18.0 Å². The summed E-state index contributed by atoms with van der Waals surface area (Å²) in [6.07, 6.45) is 1.60. The minimum absolute atomic E-state index is 0.0961. The highest BCUT2D eigenvalue weighted by Gasteiger charge is 2.40. The van der Waals surface area contributed by atoms with Gasteiger partial charge >= 0.3 is 12.0 Å². The Bertz CT molecular complexity index is 504.